The van der Waals surface area contributed by atoms with E-state index in [4.69, 9.17) is 10.5 Å². The average molecular weight is 231 g/mol. The predicted molar refractivity (Wildman–Crippen MR) is 60.3 cm³/mol. The maximum Gasteiger partial charge on any atom is 0.164 e. The standard InChI is InChI=1S/C11H13N5O/c12-6-11-13-14-15-16(11)7-9-5-8-3-1-2-4-10(8)17-9/h1-4,9H,5-7,12H2. The van der Waals surface area contributed by atoms with Crippen LogP contribution in [0.5, 0.6) is 5.75 Å². The van der Waals surface area contributed by atoms with Crippen LogP contribution in [0.2, 0.25) is 0 Å². The van der Waals surface area contributed by atoms with Crippen molar-refractivity contribution in [1.29, 1.82) is 0 Å². The van der Waals surface area contributed by atoms with E-state index in [0.717, 1.165) is 12.2 Å². The van der Waals surface area contributed by atoms with E-state index in [0.29, 0.717) is 18.9 Å². The van der Waals surface area contributed by atoms with Crippen LogP contribution in [0.3, 0.4) is 0 Å². The number of nitrogens with zero attached hydrogens (tertiary/aromatic N) is 4. The first-order chi connectivity index (χ1) is 8.36. The van der Waals surface area contributed by atoms with Gasteiger partial charge in [-0.25, -0.2) is 4.68 Å². The number of ether oxygens (including phenoxy) is 1. The lowest BCUT2D eigenvalue weighted by Gasteiger charge is -2.10. The zero-order chi connectivity index (χ0) is 11.7. The molecule has 0 spiro atoms. The Bertz CT molecular complexity index is 499. The number of hydrogen-bond donors (Lipinski definition) is 1. The fraction of sp³-hybridized carbons (Fsp3) is 0.364. The third-order valence-electron chi connectivity index (χ3n) is 2.88. The second-order valence-electron chi connectivity index (χ2n) is 4.03. The van der Waals surface area contributed by atoms with E-state index in [-0.39, 0.29) is 6.10 Å². The third-order valence-corrected chi connectivity index (χ3v) is 2.88. The summed E-state index contributed by atoms with van der Waals surface area (Å²) in [5.41, 5.74) is 6.79. The van der Waals surface area contributed by atoms with Gasteiger partial charge in [0.2, 0.25) is 0 Å². The molecule has 0 saturated carbocycles. The molecule has 6 heteroatoms. The van der Waals surface area contributed by atoms with Crippen molar-refractivity contribution in [1.82, 2.24) is 20.2 Å². The van der Waals surface area contributed by atoms with Gasteiger partial charge in [0.15, 0.2) is 5.82 Å². The van der Waals surface area contributed by atoms with Gasteiger partial charge in [0, 0.05) is 6.42 Å². The van der Waals surface area contributed by atoms with E-state index in [2.05, 4.69) is 21.6 Å². The average Bonchev–Trinajstić information content (AvgIpc) is 2.94. The molecule has 1 unspecified atom stereocenters. The molecular weight excluding hydrogens is 218 g/mol. The molecule has 2 aromatic rings. The van der Waals surface area contributed by atoms with Gasteiger partial charge in [-0.3, -0.25) is 0 Å². The topological polar surface area (TPSA) is 78.9 Å². The molecule has 0 saturated heterocycles. The number of nitrogens with two attached hydrogens (primary N) is 1. The van der Waals surface area contributed by atoms with Gasteiger partial charge in [-0.2, -0.15) is 0 Å². The molecule has 0 bridgehead atoms. The highest BCUT2D eigenvalue weighted by atomic mass is 16.5. The highest BCUT2D eigenvalue weighted by Crippen LogP contribution is 2.28. The molecule has 0 radical (unpaired) electrons. The van der Waals surface area contributed by atoms with Crippen molar-refractivity contribution < 1.29 is 4.74 Å². The van der Waals surface area contributed by atoms with Gasteiger partial charge in [-0.05, 0) is 22.1 Å². The van der Waals surface area contributed by atoms with Crippen LogP contribution in [0.25, 0.3) is 0 Å². The fourth-order valence-corrected chi connectivity index (χ4v) is 2.06. The molecule has 1 aliphatic heterocycles. The normalized spacial score (nSPS) is 17.8. The van der Waals surface area contributed by atoms with Crippen molar-refractivity contribution in [2.24, 2.45) is 5.73 Å². The van der Waals surface area contributed by atoms with Crippen LogP contribution in [0, 0.1) is 0 Å². The minimum atomic E-state index is 0.0844. The quantitative estimate of drug-likeness (QED) is 0.812. The summed E-state index contributed by atoms with van der Waals surface area (Å²) < 4.78 is 7.53. The minimum Gasteiger partial charge on any atom is -0.488 e. The summed E-state index contributed by atoms with van der Waals surface area (Å²) in [5.74, 6) is 1.64. The summed E-state index contributed by atoms with van der Waals surface area (Å²) in [7, 11) is 0. The summed E-state index contributed by atoms with van der Waals surface area (Å²) in [6.45, 7) is 0.973. The summed E-state index contributed by atoms with van der Waals surface area (Å²) in [4.78, 5) is 0. The highest BCUT2D eigenvalue weighted by Gasteiger charge is 2.23. The van der Waals surface area contributed by atoms with Gasteiger partial charge < -0.3 is 10.5 Å². The molecule has 2 N–H and O–H groups in total. The number of rotatable bonds is 3. The molecule has 1 aliphatic rings. The summed E-state index contributed by atoms with van der Waals surface area (Å²) in [6.07, 6.45) is 0.973. The van der Waals surface area contributed by atoms with Gasteiger partial charge in [0.25, 0.3) is 0 Å². The van der Waals surface area contributed by atoms with Crippen molar-refractivity contribution in [2.75, 3.05) is 0 Å². The van der Waals surface area contributed by atoms with Crippen LogP contribution < -0.4 is 10.5 Å². The van der Waals surface area contributed by atoms with Gasteiger partial charge >= 0.3 is 0 Å². The number of fused-ring (bicyclic) bond motifs is 1. The van der Waals surface area contributed by atoms with E-state index in [1.807, 2.05) is 18.2 Å². The van der Waals surface area contributed by atoms with Gasteiger partial charge in [0.1, 0.15) is 11.9 Å². The van der Waals surface area contributed by atoms with E-state index < -0.39 is 0 Å². The maximum absolute atomic E-state index is 5.82. The zero-order valence-corrected chi connectivity index (χ0v) is 9.28. The molecule has 0 fully saturated rings. The van der Waals surface area contributed by atoms with Crippen LogP contribution in [0.1, 0.15) is 11.4 Å². The van der Waals surface area contributed by atoms with E-state index in [1.54, 1.807) is 4.68 Å². The lowest BCUT2D eigenvalue weighted by Crippen LogP contribution is -2.23. The van der Waals surface area contributed by atoms with Crippen molar-refractivity contribution >= 4 is 0 Å². The smallest absolute Gasteiger partial charge is 0.164 e. The van der Waals surface area contributed by atoms with Crippen LogP contribution in [-0.4, -0.2) is 26.3 Å². The third kappa shape index (κ3) is 1.87. The largest absolute Gasteiger partial charge is 0.488 e. The van der Waals surface area contributed by atoms with Crippen LogP contribution in [-0.2, 0) is 19.5 Å². The number of para-hydroxylation sites is 1. The first kappa shape index (κ1) is 10.2. The van der Waals surface area contributed by atoms with E-state index in [1.165, 1.54) is 5.56 Å². The molecular formula is C11H13N5O. The van der Waals surface area contributed by atoms with Crippen LogP contribution in [0.4, 0.5) is 0 Å². The van der Waals surface area contributed by atoms with Crippen molar-refractivity contribution in [3.8, 4) is 5.75 Å². The predicted octanol–water partition coefficient (Wildman–Crippen LogP) is 0.135. The van der Waals surface area contributed by atoms with Crippen molar-refractivity contribution in [3.63, 3.8) is 0 Å². The molecule has 1 aromatic heterocycles. The molecule has 17 heavy (non-hydrogen) atoms. The Hall–Kier alpha value is -1.95. The zero-order valence-electron chi connectivity index (χ0n) is 9.28. The lowest BCUT2D eigenvalue weighted by molar-refractivity contribution is 0.200. The summed E-state index contributed by atoms with van der Waals surface area (Å²) in [6, 6.07) is 8.06. The summed E-state index contributed by atoms with van der Waals surface area (Å²) >= 11 is 0. The monoisotopic (exact) mass is 231 g/mol. The molecule has 1 aromatic carbocycles. The maximum atomic E-state index is 5.82. The molecule has 2 heterocycles. The Kier molecular flexibility index (Phi) is 2.49. The second-order valence-corrected chi connectivity index (χ2v) is 4.03. The first-order valence-electron chi connectivity index (χ1n) is 5.56. The highest BCUT2D eigenvalue weighted by molar-refractivity contribution is 5.37. The van der Waals surface area contributed by atoms with Crippen molar-refractivity contribution in [2.45, 2.75) is 25.6 Å². The number of tetrazole rings is 1. The molecule has 3 rings (SSSR count). The van der Waals surface area contributed by atoms with Crippen molar-refractivity contribution in [3.05, 3.63) is 35.7 Å². The Balaban J connectivity index is 1.74. The SMILES string of the molecule is NCc1nnnn1CC1Cc2ccccc2O1. The van der Waals surface area contributed by atoms with E-state index >= 15 is 0 Å². The second kappa shape index (κ2) is 4.14. The molecule has 6 nitrogen and oxygen atoms in total. The molecule has 0 aliphatic carbocycles. The van der Waals surface area contributed by atoms with Gasteiger partial charge in [0.05, 0.1) is 13.1 Å². The fourth-order valence-electron chi connectivity index (χ4n) is 2.06. The van der Waals surface area contributed by atoms with E-state index in [9.17, 15) is 0 Å². The van der Waals surface area contributed by atoms with Crippen LogP contribution in [0.15, 0.2) is 24.3 Å². The Morgan fingerprint density at radius 2 is 2.29 bits per heavy atom. The van der Waals surface area contributed by atoms with Gasteiger partial charge in [-0.1, -0.05) is 18.2 Å². The Morgan fingerprint density at radius 1 is 1.41 bits per heavy atom. The lowest BCUT2D eigenvalue weighted by atomic mass is 10.1. The molecule has 88 valence electrons. The number of aromatic nitrogens is 4. The minimum absolute atomic E-state index is 0.0844. The summed E-state index contributed by atoms with van der Waals surface area (Å²) in [5, 5.41) is 11.4. The van der Waals surface area contributed by atoms with Gasteiger partial charge in [-0.15, -0.1) is 5.10 Å². The molecule has 0 amide bonds. The number of benzene rings is 1. The van der Waals surface area contributed by atoms with Crippen LogP contribution >= 0.6 is 0 Å². The molecule has 1 atom stereocenters. The first-order valence-corrected chi connectivity index (χ1v) is 5.56. The Labute approximate surface area is 98.4 Å². The Morgan fingerprint density at radius 3 is 3.12 bits per heavy atom. The number of hydrogen-bond acceptors (Lipinski definition) is 5.